The van der Waals surface area contributed by atoms with E-state index >= 15 is 0 Å². The third-order valence-corrected chi connectivity index (χ3v) is 5.62. The van der Waals surface area contributed by atoms with Crippen molar-refractivity contribution in [1.82, 2.24) is 25.3 Å². The summed E-state index contributed by atoms with van der Waals surface area (Å²) < 4.78 is 12.6. The van der Waals surface area contributed by atoms with Crippen molar-refractivity contribution >= 4 is 5.91 Å². The average Bonchev–Trinajstić information content (AvgIpc) is 3.39. The molecule has 1 atom stereocenters. The van der Waals surface area contributed by atoms with E-state index in [2.05, 4.69) is 20.6 Å². The summed E-state index contributed by atoms with van der Waals surface area (Å²) in [6, 6.07) is 5.64. The van der Waals surface area contributed by atoms with E-state index in [1.165, 1.54) is 5.56 Å². The zero-order valence-electron chi connectivity index (χ0n) is 17.3. The minimum Gasteiger partial charge on any atom is -0.493 e. The Hall–Kier alpha value is -3.29. The monoisotopic (exact) mass is 395 g/mol. The second-order valence-corrected chi connectivity index (χ2v) is 7.31. The van der Waals surface area contributed by atoms with Crippen molar-refractivity contribution in [2.75, 3.05) is 14.2 Å². The van der Waals surface area contributed by atoms with Gasteiger partial charge in [-0.25, -0.2) is 0 Å². The molecule has 0 bridgehead atoms. The van der Waals surface area contributed by atoms with Crippen LogP contribution in [-0.2, 0) is 13.5 Å². The van der Waals surface area contributed by atoms with Crippen LogP contribution in [0.4, 0.5) is 0 Å². The number of fused-ring (bicyclic) bond motifs is 1. The molecule has 0 radical (unpaired) electrons. The van der Waals surface area contributed by atoms with Crippen LogP contribution in [0.25, 0.3) is 11.3 Å². The maximum atomic E-state index is 12.8. The van der Waals surface area contributed by atoms with Crippen LogP contribution in [0.2, 0.25) is 0 Å². The molecule has 0 saturated carbocycles. The van der Waals surface area contributed by atoms with Crippen LogP contribution in [0.1, 0.15) is 45.5 Å². The fourth-order valence-corrected chi connectivity index (χ4v) is 4.03. The van der Waals surface area contributed by atoms with Crippen molar-refractivity contribution < 1.29 is 14.3 Å². The third-order valence-electron chi connectivity index (χ3n) is 5.62. The first-order valence-corrected chi connectivity index (χ1v) is 9.54. The maximum absolute atomic E-state index is 12.8. The van der Waals surface area contributed by atoms with Crippen LogP contribution >= 0.6 is 0 Å². The summed E-state index contributed by atoms with van der Waals surface area (Å²) in [5.74, 6) is 1.19. The van der Waals surface area contributed by atoms with Gasteiger partial charge in [0.05, 0.1) is 31.6 Å². The van der Waals surface area contributed by atoms with Gasteiger partial charge in [0.1, 0.15) is 5.69 Å². The summed E-state index contributed by atoms with van der Waals surface area (Å²) in [5.41, 5.74) is 6.22. The van der Waals surface area contributed by atoms with E-state index in [1.54, 1.807) is 20.3 Å². The van der Waals surface area contributed by atoms with Gasteiger partial charge in [0, 0.05) is 18.3 Å². The van der Waals surface area contributed by atoms with Crippen molar-refractivity contribution in [1.29, 1.82) is 0 Å². The van der Waals surface area contributed by atoms with Crippen molar-refractivity contribution in [3.05, 3.63) is 46.4 Å². The summed E-state index contributed by atoms with van der Waals surface area (Å²) in [7, 11) is 5.13. The number of carbonyl (C=O) groups is 1. The Balaban J connectivity index is 1.56. The Labute approximate surface area is 169 Å². The van der Waals surface area contributed by atoms with Crippen LogP contribution in [0.3, 0.4) is 0 Å². The first-order valence-electron chi connectivity index (χ1n) is 9.54. The molecule has 2 heterocycles. The highest BCUT2D eigenvalue weighted by atomic mass is 16.5. The normalized spacial score (nSPS) is 15.3. The molecule has 0 aliphatic heterocycles. The number of aromatic nitrogens is 4. The minimum absolute atomic E-state index is 0.0779. The zero-order chi connectivity index (χ0) is 20.7. The fraction of sp³-hybridized carbons (Fsp3) is 0.381. The summed E-state index contributed by atoms with van der Waals surface area (Å²) in [4.78, 5) is 12.8. The maximum Gasteiger partial charge on any atom is 0.269 e. The van der Waals surface area contributed by atoms with Crippen molar-refractivity contribution in [2.45, 2.75) is 32.7 Å². The van der Waals surface area contributed by atoms with E-state index in [0.29, 0.717) is 17.2 Å². The predicted octanol–water partition coefficient (Wildman–Crippen LogP) is 2.86. The van der Waals surface area contributed by atoms with Gasteiger partial charge in [-0.1, -0.05) is 0 Å². The Morgan fingerprint density at radius 2 is 1.93 bits per heavy atom. The molecular weight excluding hydrogens is 370 g/mol. The van der Waals surface area contributed by atoms with E-state index in [9.17, 15) is 4.79 Å². The van der Waals surface area contributed by atoms with E-state index in [4.69, 9.17) is 9.47 Å². The van der Waals surface area contributed by atoms with Gasteiger partial charge in [-0.15, -0.1) is 0 Å². The van der Waals surface area contributed by atoms with E-state index < -0.39 is 0 Å². The molecule has 0 fully saturated rings. The summed E-state index contributed by atoms with van der Waals surface area (Å²) in [6.07, 6.45) is 1.71. The second kappa shape index (κ2) is 7.27. The number of benzene rings is 1. The summed E-state index contributed by atoms with van der Waals surface area (Å²) in [6.45, 7) is 3.93. The van der Waals surface area contributed by atoms with E-state index in [0.717, 1.165) is 41.1 Å². The van der Waals surface area contributed by atoms with Crippen LogP contribution in [0.15, 0.2) is 18.2 Å². The first-order chi connectivity index (χ1) is 13.9. The molecule has 8 heteroatoms. The van der Waals surface area contributed by atoms with Crippen LogP contribution in [-0.4, -0.2) is 40.1 Å². The molecule has 1 aromatic carbocycles. The summed E-state index contributed by atoms with van der Waals surface area (Å²) in [5, 5.41) is 14.7. The lowest BCUT2D eigenvalue weighted by Gasteiger charge is -2.15. The Morgan fingerprint density at radius 1 is 1.21 bits per heavy atom. The molecule has 8 nitrogen and oxygen atoms in total. The quantitative estimate of drug-likeness (QED) is 0.693. The molecule has 1 amide bonds. The van der Waals surface area contributed by atoms with Crippen molar-refractivity contribution in [3.63, 3.8) is 0 Å². The zero-order valence-corrected chi connectivity index (χ0v) is 17.3. The van der Waals surface area contributed by atoms with E-state index in [1.807, 2.05) is 37.7 Å². The average molecular weight is 395 g/mol. The number of nitrogens with zero attached hydrogens (tertiary/aromatic N) is 3. The largest absolute Gasteiger partial charge is 0.493 e. The van der Waals surface area contributed by atoms with Crippen LogP contribution in [0.5, 0.6) is 11.5 Å². The SMILES string of the molecule is COc1cc2c(cc1OC)C(NC(=O)c1cc(-c3c(C)nn(C)c3C)n[nH]1)CC2. The van der Waals surface area contributed by atoms with Gasteiger partial charge >= 0.3 is 0 Å². The van der Waals surface area contributed by atoms with Crippen molar-refractivity contribution in [3.8, 4) is 22.8 Å². The fourth-order valence-electron chi connectivity index (χ4n) is 4.03. The molecule has 3 aromatic rings. The number of hydrogen-bond donors (Lipinski definition) is 2. The number of nitrogens with one attached hydrogen (secondary N) is 2. The number of aryl methyl sites for hydroxylation is 3. The molecule has 2 aromatic heterocycles. The number of carbonyl (C=O) groups excluding carboxylic acids is 1. The molecule has 1 aliphatic carbocycles. The highest BCUT2D eigenvalue weighted by Crippen LogP contribution is 2.39. The number of hydrogen-bond acceptors (Lipinski definition) is 5. The van der Waals surface area contributed by atoms with E-state index in [-0.39, 0.29) is 11.9 Å². The third kappa shape index (κ3) is 3.24. The van der Waals surface area contributed by atoms with Crippen molar-refractivity contribution in [2.24, 2.45) is 7.05 Å². The lowest BCUT2D eigenvalue weighted by Crippen LogP contribution is -2.27. The minimum atomic E-state index is -0.185. The van der Waals surface area contributed by atoms with Gasteiger partial charge in [0.15, 0.2) is 11.5 Å². The predicted molar refractivity (Wildman–Crippen MR) is 108 cm³/mol. The number of ether oxygens (including phenoxy) is 2. The van der Waals surface area contributed by atoms with Gasteiger partial charge in [-0.05, 0) is 56.0 Å². The molecule has 152 valence electrons. The molecular formula is C21H25N5O3. The lowest BCUT2D eigenvalue weighted by atomic mass is 10.1. The standard InChI is InChI=1S/C21H25N5O3/c1-11-20(12(2)26(3)25-11)16-10-17(24-23-16)21(27)22-15-7-6-13-8-18(28-4)19(29-5)9-14(13)15/h8-10,15H,6-7H2,1-5H3,(H,22,27)(H,23,24). The molecule has 2 N–H and O–H groups in total. The number of aromatic amines is 1. The number of methoxy groups -OCH3 is 2. The van der Waals surface area contributed by atoms with Gasteiger partial charge in [0.25, 0.3) is 5.91 Å². The Kier molecular flexibility index (Phi) is 4.77. The number of rotatable bonds is 5. The second-order valence-electron chi connectivity index (χ2n) is 7.31. The molecule has 0 saturated heterocycles. The van der Waals surface area contributed by atoms with Gasteiger partial charge < -0.3 is 14.8 Å². The molecule has 1 unspecified atom stereocenters. The van der Waals surface area contributed by atoms with Gasteiger partial charge in [-0.3, -0.25) is 14.6 Å². The van der Waals surface area contributed by atoms with Gasteiger partial charge in [-0.2, -0.15) is 10.2 Å². The van der Waals surface area contributed by atoms with Crippen LogP contribution in [0, 0.1) is 13.8 Å². The molecule has 1 aliphatic rings. The Bertz CT molecular complexity index is 1080. The molecule has 0 spiro atoms. The summed E-state index contributed by atoms with van der Waals surface area (Å²) >= 11 is 0. The van der Waals surface area contributed by atoms with Gasteiger partial charge in [0.2, 0.25) is 0 Å². The number of amides is 1. The Morgan fingerprint density at radius 3 is 2.59 bits per heavy atom. The highest BCUT2D eigenvalue weighted by Gasteiger charge is 2.27. The van der Waals surface area contributed by atoms with Crippen LogP contribution < -0.4 is 14.8 Å². The molecule has 29 heavy (non-hydrogen) atoms. The highest BCUT2D eigenvalue weighted by molar-refractivity contribution is 5.93. The first kappa shape index (κ1) is 19.0. The topological polar surface area (TPSA) is 94.1 Å². The number of H-pyrrole nitrogens is 1. The lowest BCUT2D eigenvalue weighted by molar-refractivity contribution is 0.0931. The smallest absolute Gasteiger partial charge is 0.269 e. The molecule has 4 rings (SSSR count).